The summed E-state index contributed by atoms with van der Waals surface area (Å²) in [6.45, 7) is 7.43. The number of hydrogen-bond acceptors (Lipinski definition) is 2. The molecule has 1 saturated heterocycles. The van der Waals surface area contributed by atoms with Crippen LogP contribution in [-0.4, -0.2) is 31.1 Å². The third-order valence-electron chi connectivity index (χ3n) is 3.31. The summed E-state index contributed by atoms with van der Waals surface area (Å²) in [5.74, 6) is -1.58. The van der Waals surface area contributed by atoms with E-state index in [4.69, 9.17) is 0 Å². The van der Waals surface area contributed by atoms with Crippen molar-refractivity contribution in [3.05, 3.63) is 48.1 Å². The fraction of sp³-hybridized carbons (Fsp3) is 0.429. The van der Waals surface area contributed by atoms with Crippen LogP contribution in [0.15, 0.2) is 30.9 Å². The first-order chi connectivity index (χ1) is 8.72. The number of piperazine rings is 1. The van der Waals surface area contributed by atoms with Crippen LogP contribution >= 0.6 is 24.8 Å². The average Bonchev–Trinajstić information content (AvgIpc) is 2.40. The summed E-state index contributed by atoms with van der Waals surface area (Å²) >= 11 is 0. The van der Waals surface area contributed by atoms with Crippen LogP contribution in [-0.2, 0) is 0 Å². The van der Waals surface area contributed by atoms with Crippen LogP contribution in [0.5, 0.6) is 0 Å². The fourth-order valence-corrected chi connectivity index (χ4v) is 2.37. The molecule has 0 unspecified atom stereocenters. The maximum absolute atomic E-state index is 13.3. The normalized spacial score (nSPS) is 16.7. The zero-order valence-electron chi connectivity index (χ0n) is 11.1. The molecule has 0 aromatic heterocycles. The Hall–Kier alpha value is -0.680. The molecule has 0 radical (unpaired) electrons. The van der Waals surface area contributed by atoms with Gasteiger partial charge in [-0.05, 0) is 24.1 Å². The number of benzene rings is 1. The van der Waals surface area contributed by atoms with Crippen LogP contribution in [0.25, 0.3) is 0 Å². The van der Waals surface area contributed by atoms with Crippen LogP contribution in [0.1, 0.15) is 18.0 Å². The van der Waals surface area contributed by atoms with Crippen LogP contribution < -0.4 is 5.32 Å². The minimum atomic E-state index is -0.795. The van der Waals surface area contributed by atoms with E-state index in [1.165, 1.54) is 12.1 Å². The zero-order valence-corrected chi connectivity index (χ0v) is 12.8. The Labute approximate surface area is 131 Å². The minimum Gasteiger partial charge on any atom is -0.314 e. The fourth-order valence-electron chi connectivity index (χ4n) is 2.37. The van der Waals surface area contributed by atoms with E-state index in [-0.39, 0.29) is 30.9 Å². The second kappa shape index (κ2) is 9.29. The van der Waals surface area contributed by atoms with Gasteiger partial charge in [-0.2, -0.15) is 0 Å². The quantitative estimate of drug-likeness (QED) is 0.854. The van der Waals surface area contributed by atoms with E-state index in [0.717, 1.165) is 38.2 Å². The van der Waals surface area contributed by atoms with Gasteiger partial charge in [0.05, 0.1) is 0 Å². The summed E-state index contributed by atoms with van der Waals surface area (Å²) in [5.41, 5.74) is 0.815. The van der Waals surface area contributed by atoms with Gasteiger partial charge in [-0.25, -0.2) is 8.78 Å². The summed E-state index contributed by atoms with van der Waals surface area (Å²) in [7, 11) is 0. The third-order valence-corrected chi connectivity index (χ3v) is 3.31. The van der Waals surface area contributed by atoms with E-state index in [0.29, 0.717) is 0 Å². The molecule has 1 N–H and O–H groups in total. The van der Waals surface area contributed by atoms with E-state index in [9.17, 15) is 8.78 Å². The maximum Gasteiger partial charge on any atom is 0.159 e. The Morgan fingerprint density at radius 3 is 2.40 bits per heavy atom. The molecule has 2 rings (SSSR count). The molecule has 1 aromatic rings. The van der Waals surface area contributed by atoms with Gasteiger partial charge >= 0.3 is 0 Å². The van der Waals surface area contributed by atoms with Crippen molar-refractivity contribution in [2.24, 2.45) is 0 Å². The van der Waals surface area contributed by atoms with Crippen molar-refractivity contribution < 1.29 is 8.78 Å². The molecule has 0 amide bonds. The van der Waals surface area contributed by atoms with E-state index in [2.05, 4.69) is 16.8 Å². The molecule has 1 aliphatic rings. The molecule has 6 heteroatoms. The molecule has 1 aromatic carbocycles. The van der Waals surface area contributed by atoms with Gasteiger partial charge in [0, 0.05) is 32.2 Å². The highest BCUT2D eigenvalue weighted by Gasteiger charge is 2.21. The maximum atomic E-state index is 13.3. The monoisotopic (exact) mass is 324 g/mol. The average molecular weight is 325 g/mol. The van der Waals surface area contributed by atoms with E-state index >= 15 is 0 Å². The minimum absolute atomic E-state index is 0. The molecule has 114 valence electrons. The van der Waals surface area contributed by atoms with Crippen molar-refractivity contribution in [2.75, 3.05) is 26.2 Å². The van der Waals surface area contributed by atoms with Crippen LogP contribution in [0.3, 0.4) is 0 Å². The number of nitrogens with one attached hydrogen (secondary N) is 1. The lowest BCUT2D eigenvalue weighted by molar-refractivity contribution is 0.174. The molecule has 1 heterocycles. The highest BCUT2D eigenvalue weighted by molar-refractivity contribution is 5.85. The van der Waals surface area contributed by atoms with Crippen molar-refractivity contribution in [1.29, 1.82) is 0 Å². The third kappa shape index (κ3) is 4.70. The first kappa shape index (κ1) is 19.3. The van der Waals surface area contributed by atoms with Gasteiger partial charge in [0.15, 0.2) is 11.6 Å². The van der Waals surface area contributed by atoms with Gasteiger partial charge in [0.25, 0.3) is 0 Å². The Morgan fingerprint density at radius 2 is 1.85 bits per heavy atom. The second-order valence-corrected chi connectivity index (χ2v) is 4.50. The predicted octanol–water partition coefficient (Wildman–Crippen LogP) is 3.33. The molecule has 0 bridgehead atoms. The Morgan fingerprint density at radius 1 is 1.20 bits per heavy atom. The smallest absolute Gasteiger partial charge is 0.159 e. The van der Waals surface area contributed by atoms with Crippen molar-refractivity contribution in [2.45, 2.75) is 12.5 Å². The highest BCUT2D eigenvalue weighted by atomic mass is 35.5. The molecular formula is C14H20Cl2F2N2. The van der Waals surface area contributed by atoms with Crippen molar-refractivity contribution in [3.63, 3.8) is 0 Å². The summed E-state index contributed by atoms with van der Waals surface area (Å²) in [6, 6.07) is 4.24. The van der Waals surface area contributed by atoms with E-state index < -0.39 is 11.6 Å². The van der Waals surface area contributed by atoms with Crippen molar-refractivity contribution in [3.8, 4) is 0 Å². The van der Waals surface area contributed by atoms with E-state index in [1.54, 1.807) is 6.07 Å². The summed E-state index contributed by atoms with van der Waals surface area (Å²) in [6.07, 6.45) is 2.57. The summed E-state index contributed by atoms with van der Waals surface area (Å²) in [5, 5.41) is 3.28. The lowest BCUT2D eigenvalue weighted by Gasteiger charge is -2.34. The zero-order chi connectivity index (χ0) is 13.0. The van der Waals surface area contributed by atoms with Crippen molar-refractivity contribution >= 4 is 24.8 Å². The number of hydrogen-bond donors (Lipinski definition) is 1. The largest absolute Gasteiger partial charge is 0.314 e. The van der Waals surface area contributed by atoms with Gasteiger partial charge in [-0.15, -0.1) is 31.4 Å². The van der Waals surface area contributed by atoms with Crippen LogP contribution in [0.2, 0.25) is 0 Å². The molecule has 20 heavy (non-hydrogen) atoms. The van der Waals surface area contributed by atoms with Gasteiger partial charge in [0.2, 0.25) is 0 Å². The molecular weight excluding hydrogens is 305 g/mol. The number of rotatable bonds is 4. The molecule has 2 nitrogen and oxygen atoms in total. The molecule has 0 saturated carbocycles. The summed E-state index contributed by atoms with van der Waals surface area (Å²) < 4.78 is 26.3. The standard InChI is InChI=1S/C14H18F2N2.2ClH/c1-2-3-14(18-8-6-17-7-9-18)11-4-5-12(15)13(16)10-11;;/h2,4-5,10,14,17H,1,3,6-9H2;2*1H/t14-;;/m0../s1. The van der Waals surface area contributed by atoms with Gasteiger partial charge < -0.3 is 5.32 Å². The Balaban J connectivity index is 0.00000180. The number of nitrogens with zero attached hydrogens (tertiary/aromatic N) is 1. The molecule has 1 atom stereocenters. The number of halogens is 4. The van der Waals surface area contributed by atoms with Gasteiger partial charge in [-0.3, -0.25) is 4.90 Å². The summed E-state index contributed by atoms with van der Waals surface area (Å²) in [4.78, 5) is 2.28. The van der Waals surface area contributed by atoms with Gasteiger partial charge in [0.1, 0.15) is 0 Å². The predicted molar refractivity (Wildman–Crippen MR) is 82.9 cm³/mol. The molecule has 1 aliphatic heterocycles. The SMILES string of the molecule is C=CC[C@@H](c1ccc(F)c(F)c1)N1CCNCC1.Cl.Cl. The van der Waals surface area contributed by atoms with Crippen molar-refractivity contribution in [1.82, 2.24) is 10.2 Å². The first-order valence-electron chi connectivity index (χ1n) is 6.23. The topological polar surface area (TPSA) is 15.3 Å². The van der Waals surface area contributed by atoms with Crippen LogP contribution in [0.4, 0.5) is 8.78 Å². The molecule has 0 spiro atoms. The van der Waals surface area contributed by atoms with E-state index in [1.807, 2.05) is 6.08 Å². The second-order valence-electron chi connectivity index (χ2n) is 4.50. The highest BCUT2D eigenvalue weighted by Crippen LogP contribution is 2.26. The first-order valence-corrected chi connectivity index (χ1v) is 6.23. The van der Waals surface area contributed by atoms with Gasteiger partial charge in [-0.1, -0.05) is 12.1 Å². The Kier molecular flexibility index (Phi) is 8.98. The molecule has 1 fully saturated rings. The Bertz CT molecular complexity index is 424. The van der Waals surface area contributed by atoms with Crippen LogP contribution in [0, 0.1) is 11.6 Å². The molecule has 0 aliphatic carbocycles. The lowest BCUT2D eigenvalue weighted by atomic mass is 10.0. The lowest BCUT2D eigenvalue weighted by Crippen LogP contribution is -2.45.